The minimum absolute atomic E-state index is 0.0357. The molecule has 0 bridgehead atoms. The van der Waals surface area contributed by atoms with Gasteiger partial charge in [-0.25, -0.2) is 8.78 Å². The Bertz CT molecular complexity index is 1480. The third-order valence-corrected chi connectivity index (χ3v) is 8.97. The van der Waals surface area contributed by atoms with E-state index in [1.165, 1.54) is 18.2 Å². The summed E-state index contributed by atoms with van der Waals surface area (Å²) in [5, 5.41) is 22.9. The van der Waals surface area contributed by atoms with Gasteiger partial charge in [-0.1, -0.05) is 48.9 Å². The summed E-state index contributed by atoms with van der Waals surface area (Å²) in [5.74, 6) is -3.29. The van der Waals surface area contributed by atoms with Crippen LogP contribution in [0.3, 0.4) is 0 Å². The molecule has 5 N–H and O–H groups in total. The zero-order valence-electron chi connectivity index (χ0n) is 23.6. The maximum atomic E-state index is 16.1. The van der Waals surface area contributed by atoms with E-state index in [-0.39, 0.29) is 52.5 Å². The fraction of sp³-hybridized carbons (Fsp3) is 0.406. The van der Waals surface area contributed by atoms with E-state index in [4.69, 9.17) is 26.8 Å². The van der Waals surface area contributed by atoms with Crippen LogP contribution in [-0.4, -0.2) is 47.5 Å². The first-order chi connectivity index (χ1) is 20.0. The topological polar surface area (TPSA) is 114 Å². The summed E-state index contributed by atoms with van der Waals surface area (Å²) in [5.41, 5.74) is 4.65. The Kier molecular flexibility index (Phi) is 8.49. The molecule has 2 atom stereocenters. The lowest BCUT2D eigenvalue weighted by molar-refractivity contribution is 0.00890. The highest BCUT2D eigenvalue weighted by Crippen LogP contribution is 2.56. The van der Waals surface area contributed by atoms with Crippen LogP contribution in [0.1, 0.15) is 66.9 Å². The monoisotopic (exact) mass is 600 g/mol. The number of benzene rings is 3. The average Bonchev–Trinajstić information content (AvgIpc) is 3.24. The largest absolute Gasteiger partial charge is 0.488 e. The van der Waals surface area contributed by atoms with Crippen molar-refractivity contribution in [3.05, 3.63) is 81.9 Å². The Morgan fingerprint density at radius 3 is 2.50 bits per heavy atom. The second-order valence-corrected chi connectivity index (χ2v) is 11.8. The van der Waals surface area contributed by atoms with Crippen molar-refractivity contribution in [2.24, 2.45) is 5.73 Å². The van der Waals surface area contributed by atoms with Gasteiger partial charge in [0.25, 0.3) is 0 Å². The number of ether oxygens (including phenoxy) is 2. The van der Waals surface area contributed by atoms with Gasteiger partial charge >= 0.3 is 0 Å². The molecule has 42 heavy (non-hydrogen) atoms. The number of fused-ring (bicyclic) bond motifs is 1. The first-order valence-corrected chi connectivity index (χ1v) is 14.5. The van der Waals surface area contributed by atoms with Crippen molar-refractivity contribution >= 4 is 17.5 Å². The number of amides is 1. The Balaban J connectivity index is 1.65. The van der Waals surface area contributed by atoms with Gasteiger partial charge in [0.1, 0.15) is 18.2 Å². The molecule has 224 valence electrons. The van der Waals surface area contributed by atoms with Gasteiger partial charge < -0.3 is 30.7 Å². The standard InChI is InChI=1S/C32H35ClF2N2O5/c1-18-25-24(42-32(18,19-6-4-3-5-7-19)17-37-20-10-12-31(2,40)13-11-20)16-22(34)28(33)27(25)26-21(30(36)39)8-9-23(29(26)35)41-15-14-38/h3-9,16,18,20,37-38,40H,10-15,17H2,1-2H3,(H2,36,39). The van der Waals surface area contributed by atoms with E-state index in [1.54, 1.807) is 0 Å². The number of halogens is 3. The molecule has 7 nitrogen and oxygen atoms in total. The maximum Gasteiger partial charge on any atom is 0.249 e. The van der Waals surface area contributed by atoms with Crippen LogP contribution in [-0.2, 0) is 5.60 Å². The number of nitrogens with two attached hydrogens (primary N) is 1. The van der Waals surface area contributed by atoms with Gasteiger partial charge in [-0.15, -0.1) is 0 Å². The van der Waals surface area contributed by atoms with E-state index in [2.05, 4.69) is 5.32 Å². The van der Waals surface area contributed by atoms with Crippen molar-refractivity contribution < 1.29 is 33.3 Å². The first kappa shape index (κ1) is 30.2. The van der Waals surface area contributed by atoms with Gasteiger partial charge in [0.2, 0.25) is 5.91 Å². The second-order valence-electron chi connectivity index (χ2n) is 11.4. The molecule has 0 aromatic heterocycles. The van der Waals surface area contributed by atoms with Crippen LogP contribution in [0.15, 0.2) is 48.5 Å². The molecule has 10 heteroatoms. The van der Waals surface area contributed by atoms with E-state index in [0.29, 0.717) is 24.9 Å². The Morgan fingerprint density at radius 1 is 1.17 bits per heavy atom. The van der Waals surface area contributed by atoms with Crippen LogP contribution >= 0.6 is 11.6 Å². The minimum atomic E-state index is -1.04. The number of carbonyl (C=O) groups is 1. The smallest absolute Gasteiger partial charge is 0.249 e. The zero-order chi connectivity index (χ0) is 30.2. The van der Waals surface area contributed by atoms with Crippen molar-refractivity contribution in [1.29, 1.82) is 0 Å². The van der Waals surface area contributed by atoms with Gasteiger partial charge in [0.15, 0.2) is 17.2 Å². The molecule has 2 unspecified atom stereocenters. The third kappa shape index (κ3) is 5.46. The molecular formula is C32H35ClF2N2O5. The quantitative estimate of drug-likeness (QED) is 0.260. The molecule has 1 fully saturated rings. The summed E-state index contributed by atoms with van der Waals surface area (Å²) in [4.78, 5) is 12.5. The Morgan fingerprint density at radius 2 is 1.86 bits per heavy atom. The van der Waals surface area contributed by atoms with Crippen molar-refractivity contribution in [2.75, 3.05) is 19.8 Å². The first-order valence-electron chi connectivity index (χ1n) is 14.1. The summed E-state index contributed by atoms with van der Waals surface area (Å²) < 4.78 is 43.6. The van der Waals surface area contributed by atoms with Gasteiger partial charge in [-0.2, -0.15) is 0 Å². The van der Waals surface area contributed by atoms with Gasteiger partial charge in [-0.3, -0.25) is 4.79 Å². The molecule has 1 aliphatic heterocycles. The zero-order valence-corrected chi connectivity index (χ0v) is 24.3. The van der Waals surface area contributed by atoms with E-state index in [9.17, 15) is 15.0 Å². The Hall–Kier alpha value is -3.24. The molecule has 3 aromatic carbocycles. The fourth-order valence-corrected chi connectivity index (χ4v) is 6.48. The summed E-state index contributed by atoms with van der Waals surface area (Å²) in [7, 11) is 0. The predicted octanol–water partition coefficient (Wildman–Crippen LogP) is 5.43. The van der Waals surface area contributed by atoms with E-state index < -0.39 is 34.7 Å². The molecule has 2 aliphatic rings. The second kappa shape index (κ2) is 11.8. The molecular weight excluding hydrogens is 566 g/mol. The summed E-state index contributed by atoms with van der Waals surface area (Å²) >= 11 is 6.58. The van der Waals surface area contributed by atoms with Crippen LogP contribution < -0.4 is 20.5 Å². The highest BCUT2D eigenvalue weighted by molar-refractivity contribution is 6.34. The maximum absolute atomic E-state index is 16.1. The number of hydrogen-bond donors (Lipinski definition) is 4. The van der Waals surface area contributed by atoms with Crippen molar-refractivity contribution in [1.82, 2.24) is 5.32 Å². The average molecular weight is 601 g/mol. The van der Waals surface area contributed by atoms with E-state index in [1.807, 2.05) is 44.2 Å². The summed E-state index contributed by atoms with van der Waals surface area (Å²) in [6, 6.07) is 13.4. The van der Waals surface area contributed by atoms with Gasteiger partial charge in [-0.05, 0) is 50.3 Å². The van der Waals surface area contributed by atoms with Crippen LogP contribution in [0, 0.1) is 11.6 Å². The van der Waals surface area contributed by atoms with Crippen molar-refractivity contribution in [3.63, 3.8) is 0 Å². The molecule has 0 radical (unpaired) electrons. The molecule has 0 spiro atoms. The third-order valence-electron chi connectivity index (χ3n) is 8.60. The molecule has 1 aliphatic carbocycles. The minimum Gasteiger partial charge on any atom is -0.488 e. The molecule has 0 saturated heterocycles. The number of nitrogens with one attached hydrogen (secondary N) is 1. The van der Waals surface area contributed by atoms with E-state index in [0.717, 1.165) is 18.4 Å². The SMILES string of the molecule is CC1c2c(cc(F)c(Cl)c2-c2c(C(N)=O)ccc(OCCO)c2F)OC1(CNC1CCC(C)(O)CC1)c1ccccc1. The van der Waals surface area contributed by atoms with Crippen LogP contribution in [0.4, 0.5) is 8.78 Å². The van der Waals surface area contributed by atoms with Crippen molar-refractivity contribution in [3.8, 4) is 22.6 Å². The number of carbonyl (C=O) groups excluding carboxylic acids is 1. The Labute approximate surface area is 248 Å². The van der Waals surface area contributed by atoms with Gasteiger partial charge in [0, 0.05) is 41.3 Å². The summed E-state index contributed by atoms with van der Waals surface area (Å²) in [6.45, 7) is 3.52. The van der Waals surface area contributed by atoms with Crippen LogP contribution in [0.2, 0.25) is 5.02 Å². The molecule has 3 aromatic rings. The number of aliphatic hydroxyl groups is 2. The van der Waals surface area contributed by atoms with Crippen LogP contribution in [0.25, 0.3) is 11.1 Å². The molecule has 1 heterocycles. The molecule has 5 rings (SSSR count). The predicted molar refractivity (Wildman–Crippen MR) is 156 cm³/mol. The number of hydrogen-bond acceptors (Lipinski definition) is 6. The normalized spacial score (nSPS) is 25.1. The highest BCUT2D eigenvalue weighted by atomic mass is 35.5. The lowest BCUT2D eigenvalue weighted by atomic mass is 9.77. The van der Waals surface area contributed by atoms with Gasteiger partial charge in [0.05, 0.1) is 22.8 Å². The molecule has 1 amide bonds. The highest BCUT2D eigenvalue weighted by Gasteiger charge is 2.50. The number of aliphatic hydroxyl groups excluding tert-OH is 1. The lowest BCUT2D eigenvalue weighted by Gasteiger charge is -2.38. The lowest BCUT2D eigenvalue weighted by Crippen LogP contribution is -2.49. The summed E-state index contributed by atoms with van der Waals surface area (Å²) in [6.07, 6.45) is 2.88. The number of rotatable bonds is 9. The van der Waals surface area contributed by atoms with E-state index >= 15 is 8.78 Å². The molecule has 1 saturated carbocycles. The number of primary amides is 1. The van der Waals surface area contributed by atoms with Crippen LogP contribution in [0.5, 0.6) is 11.5 Å². The van der Waals surface area contributed by atoms with Crippen molar-refractivity contribution in [2.45, 2.75) is 62.7 Å². The fourth-order valence-electron chi connectivity index (χ4n) is 6.23.